The van der Waals surface area contributed by atoms with Gasteiger partial charge in [-0.2, -0.15) is 0 Å². The van der Waals surface area contributed by atoms with E-state index in [1.54, 1.807) is 0 Å². The van der Waals surface area contributed by atoms with Crippen LogP contribution in [0.25, 0.3) is 0 Å². The van der Waals surface area contributed by atoms with Crippen LogP contribution < -0.4 is 5.32 Å². The van der Waals surface area contributed by atoms with Gasteiger partial charge >= 0.3 is 5.97 Å². The molecule has 4 rings (SSSR count). The number of carbonyl (C=O) groups excluding carboxylic acids is 1. The second kappa shape index (κ2) is 5.99. The molecule has 1 heterocycles. The third-order valence-corrected chi connectivity index (χ3v) is 5.26. The van der Waals surface area contributed by atoms with Crippen molar-refractivity contribution in [3.05, 3.63) is 76.3 Å². The summed E-state index contributed by atoms with van der Waals surface area (Å²) < 4.78 is 4.85. The van der Waals surface area contributed by atoms with Crippen molar-refractivity contribution in [3.63, 3.8) is 0 Å². The molecule has 3 nitrogen and oxygen atoms in total. The number of anilines is 1. The average molecular weight is 340 g/mol. The minimum Gasteiger partial charge on any atom is -0.465 e. The van der Waals surface area contributed by atoms with Gasteiger partial charge in [-0.3, -0.25) is 0 Å². The number of allylic oxidation sites excluding steroid dienone is 2. The first-order valence-electron chi connectivity index (χ1n) is 8.08. The third kappa shape index (κ3) is 2.49. The van der Waals surface area contributed by atoms with E-state index < -0.39 is 0 Å². The lowest BCUT2D eigenvalue weighted by atomic mass is 9.76. The molecule has 24 heavy (non-hydrogen) atoms. The van der Waals surface area contributed by atoms with Crippen LogP contribution in [0.15, 0.2) is 54.6 Å². The number of methoxy groups -OCH3 is 1. The molecule has 2 aliphatic rings. The van der Waals surface area contributed by atoms with Gasteiger partial charge in [0.1, 0.15) is 0 Å². The molecule has 0 fully saturated rings. The van der Waals surface area contributed by atoms with Gasteiger partial charge < -0.3 is 10.1 Å². The monoisotopic (exact) mass is 339 g/mol. The largest absolute Gasteiger partial charge is 0.465 e. The smallest absolute Gasteiger partial charge is 0.337 e. The van der Waals surface area contributed by atoms with Crippen molar-refractivity contribution < 1.29 is 9.53 Å². The summed E-state index contributed by atoms with van der Waals surface area (Å²) in [5, 5.41) is 4.40. The number of hydrogen-bond acceptors (Lipinski definition) is 3. The lowest BCUT2D eigenvalue weighted by molar-refractivity contribution is 0.0600. The van der Waals surface area contributed by atoms with E-state index in [9.17, 15) is 4.79 Å². The van der Waals surface area contributed by atoms with Gasteiger partial charge in [0.2, 0.25) is 0 Å². The van der Waals surface area contributed by atoms with Crippen LogP contribution in [-0.2, 0) is 4.74 Å². The number of nitrogens with one attached hydrogen (secondary N) is 1. The molecule has 0 amide bonds. The minimum absolute atomic E-state index is 0.235. The van der Waals surface area contributed by atoms with Crippen molar-refractivity contribution in [3.8, 4) is 0 Å². The zero-order chi connectivity index (χ0) is 16.7. The molecule has 0 radical (unpaired) electrons. The van der Waals surface area contributed by atoms with Gasteiger partial charge in [0.15, 0.2) is 0 Å². The number of benzene rings is 2. The summed E-state index contributed by atoms with van der Waals surface area (Å²) in [6, 6.07) is 14.0. The number of esters is 1. The van der Waals surface area contributed by atoms with E-state index in [1.807, 2.05) is 30.3 Å². The van der Waals surface area contributed by atoms with Crippen molar-refractivity contribution in [2.45, 2.75) is 18.4 Å². The Hall–Kier alpha value is -2.26. The Morgan fingerprint density at radius 1 is 1.21 bits per heavy atom. The van der Waals surface area contributed by atoms with E-state index in [1.165, 1.54) is 18.2 Å². The molecule has 2 aromatic rings. The molecule has 1 aliphatic carbocycles. The van der Waals surface area contributed by atoms with Crippen molar-refractivity contribution in [1.29, 1.82) is 0 Å². The second-order valence-electron chi connectivity index (χ2n) is 6.32. The van der Waals surface area contributed by atoms with Crippen LogP contribution in [0.4, 0.5) is 5.69 Å². The number of halogens is 1. The van der Waals surface area contributed by atoms with E-state index in [-0.39, 0.29) is 12.0 Å². The highest BCUT2D eigenvalue weighted by Crippen LogP contribution is 2.50. The van der Waals surface area contributed by atoms with Gasteiger partial charge in [-0.1, -0.05) is 35.9 Å². The van der Waals surface area contributed by atoms with Gasteiger partial charge in [0.05, 0.1) is 18.7 Å². The predicted octanol–water partition coefficient (Wildman–Crippen LogP) is 4.95. The predicted molar refractivity (Wildman–Crippen MR) is 95.6 cm³/mol. The third-order valence-electron chi connectivity index (χ3n) is 5.01. The Labute approximate surface area is 146 Å². The van der Waals surface area contributed by atoms with E-state index in [0.717, 1.165) is 17.1 Å². The van der Waals surface area contributed by atoms with E-state index in [4.69, 9.17) is 16.3 Å². The Morgan fingerprint density at radius 2 is 2.00 bits per heavy atom. The fraction of sp³-hybridized carbons (Fsp3) is 0.250. The van der Waals surface area contributed by atoms with Crippen LogP contribution in [0, 0.1) is 5.92 Å². The van der Waals surface area contributed by atoms with Crippen LogP contribution in [0.2, 0.25) is 5.02 Å². The molecular formula is C20H18ClNO2. The molecule has 0 saturated carbocycles. The SMILES string of the molecule is COC(=O)c1ccc2c(c1)[C@@H]1C=CC[C@@H]1[C@H](c1ccc(Cl)cc1)N2. The van der Waals surface area contributed by atoms with E-state index in [2.05, 4.69) is 29.6 Å². The number of fused-ring (bicyclic) bond motifs is 3. The first kappa shape index (κ1) is 15.3. The Morgan fingerprint density at radius 3 is 2.75 bits per heavy atom. The fourth-order valence-corrected chi connectivity index (χ4v) is 3.97. The Kier molecular flexibility index (Phi) is 3.81. The number of carbonyl (C=O) groups is 1. The standard InChI is InChI=1S/C20H18ClNO2/c1-24-20(23)13-7-10-18-17(11-13)15-3-2-4-16(15)19(22-18)12-5-8-14(21)9-6-12/h2-3,5-11,15-16,19,22H,4H2,1H3/t15-,16+,19+/m1/s1. The quantitative estimate of drug-likeness (QED) is 0.621. The molecule has 1 N–H and O–H groups in total. The average Bonchev–Trinajstić information content (AvgIpc) is 3.11. The molecule has 3 atom stereocenters. The molecule has 4 heteroatoms. The van der Waals surface area contributed by atoms with E-state index in [0.29, 0.717) is 17.4 Å². The summed E-state index contributed by atoms with van der Waals surface area (Å²) in [4.78, 5) is 11.8. The van der Waals surface area contributed by atoms with Crippen molar-refractivity contribution in [2.24, 2.45) is 5.92 Å². The number of hydrogen-bond donors (Lipinski definition) is 1. The summed E-state index contributed by atoms with van der Waals surface area (Å²) in [5.41, 5.74) is 4.08. The zero-order valence-electron chi connectivity index (χ0n) is 13.3. The second-order valence-corrected chi connectivity index (χ2v) is 6.76. The van der Waals surface area contributed by atoms with Gasteiger partial charge in [0, 0.05) is 16.6 Å². The summed E-state index contributed by atoms with van der Waals surface area (Å²) in [6.45, 7) is 0. The van der Waals surface area contributed by atoms with Crippen LogP contribution in [0.5, 0.6) is 0 Å². The van der Waals surface area contributed by atoms with Gasteiger partial charge in [-0.05, 0) is 53.8 Å². The van der Waals surface area contributed by atoms with Gasteiger partial charge in [-0.25, -0.2) is 4.79 Å². The number of rotatable bonds is 2. The first-order chi connectivity index (χ1) is 11.7. The first-order valence-corrected chi connectivity index (χ1v) is 8.46. The highest BCUT2D eigenvalue weighted by atomic mass is 35.5. The molecule has 0 saturated heterocycles. The maximum atomic E-state index is 11.8. The van der Waals surface area contributed by atoms with Crippen LogP contribution in [-0.4, -0.2) is 13.1 Å². The molecule has 0 aromatic heterocycles. The molecule has 0 bridgehead atoms. The molecule has 0 spiro atoms. The van der Waals surface area contributed by atoms with Gasteiger partial charge in [0.25, 0.3) is 0 Å². The minimum atomic E-state index is -0.295. The normalized spacial score (nSPS) is 24.0. The molecule has 0 unspecified atom stereocenters. The topological polar surface area (TPSA) is 38.3 Å². The van der Waals surface area contributed by atoms with Gasteiger partial charge in [-0.15, -0.1) is 0 Å². The van der Waals surface area contributed by atoms with Crippen LogP contribution >= 0.6 is 11.6 Å². The lowest BCUT2D eigenvalue weighted by Crippen LogP contribution is -2.29. The molecule has 2 aromatic carbocycles. The highest BCUT2D eigenvalue weighted by molar-refractivity contribution is 6.30. The van der Waals surface area contributed by atoms with Crippen LogP contribution in [0.3, 0.4) is 0 Å². The summed E-state index contributed by atoms with van der Waals surface area (Å²) in [5.74, 6) is 0.453. The van der Waals surface area contributed by atoms with Crippen LogP contribution in [0.1, 0.15) is 39.9 Å². The maximum Gasteiger partial charge on any atom is 0.337 e. The fourth-order valence-electron chi connectivity index (χ4n) is 3.84. The van der Waals surface area contributed by atoms with Crippen molar-refractivity contribution in [2.75, 3.05) is 12.4 Å². The highest BCUT2D eigenvalue weighted by Gasteiger charge is 2.38. The zero-order valence-corrected chi connectivity index (χ0v) is 14.1. The molecule has 1 aliphatic heterocycles. The summed E-state index contributed by atoms with van der Waals surface area (Å²) >= 11 is 6.03. The lowest BCUT2D eigenvalue weighted by Gasteiger charge is -2.37. The van der Waals surface area contributed by atoms with Crippen molar-refractivity contribution in [1.82, 2.24) is 0 Å². The Balaban J connectivity index is 1.74. The molecule has 122 valence electrons. The Bertz CT molecular complexity index is 813. The van der Waals surface area contributed by atoms with Crippen molar-refractivity contribution >= 4 is 23.3 Å². The number of ether oxygens (including phenoxy) is 1. The van der Waals surface area contributed by atoms with E-state index >= 15 is 0 Å². The maximum absolute atomic E-state index is 11.8. The summed E-state index contributed by atoms with van der Waals surface area (Å²) in [6.07, 6.45) is 5.51. The molecular weight excluding hydrogens is 322 g/mol. The summed E-state index contributed by atoms with van der Waals surface area (Å²) in [7, 11) is 1.41.